The minimum atomic E-state index is -0.254. The fourth-order valence-corrected chi connectivity index (χ4v) is 4.90. The minimum absolute atomic E-state index is 0.0864. The van der Waals surface area contributed by atoms with E-state index in [0.29, 0.717) is 28.7 Å². The summed E-state index contributed by atoms with van der Waals surface area (Å²) in [6, 6.07) is 7.37. The Bertz CT molecular complexity index is 967. The van der Waals surface area contributed by atoms with E-state index in [0.717, 1.165) is 58.4 Å². The third-order valence-electron chi connectivity index (χ3n) is 6.73. The molecule has 1 N–H and O–H groups in total. The summed E-state index contributed by atoms with van der Waals surface area (Å²) in [5.41, 5.74) is 2.24. The summed E-state index contributed by atoms with van der Waals surface area (Å²) < 4.78 is 1.53. The SMILES string of the molecule is CCN(CC)CCCC1CCCN(C(=O)N2c3ccccc3NC(=O)c3c2cnn3C)C1. The Kier molecular flexibility index (Phi) is 6.79. The van der Waals surface area contributed by atoms with Crippen LogP contribution in [0.3, 0.4) is 0 Å². The van der Waals surface area contributed by atoms with E-state index in [9.17, 15) is 9.59 Å². The normalized spacial score (nSPS) is 18.2. The predicted octanol–water partition coefficient (Wildman–Crippen LogP) is 4.08. The van der Waals surface area contributed by atoms with Gasteiger partial charge in [0.2, 0.25) is 0 Å². The number of likely N-dealkylation sites (tertiary alicyclic amines) is 1. The Morgan fingerprint density at radius 3 is 2.78 bits per heavy atom. The maximum absolute atomic E-state index is 13.8. The molecule has 1 fully saturated rings. The van der Waals surface area contributed by atoms with Crippen LogP contribution in [0.5, 0.6) is 0 Å². The summed E-state index contributed by atoms with van der Waals surface area (Å²) in [4.78, 5) is 32.7. The molecule has 172 valence electrons. The summed E-state index contributed by atoms with van der Waals surface area (Å²) in [6.07, 6.45) is 6.08. The number of hydrogen-bond acceptors (Lipinski definition) is 4. The van der Waals surface area contributed by atoms with E-state index in [1.54, 1.807) is 18.1 Å². The topological polar surface area (TPSA) is 73.7 Å². The van der Waals surface area contributed by atoms with Crippen LogP contribution in [0.2, 0.25) is 0 Å². The van der Waals surface area contributed by atoms with Gasteiger partial charge in [0.05, 0.1) is 17.6 Å². The number of amides is 3. The lowest BCUT2D eigenvalue weighted by molar-refractivity contribution is 0.101. The predicted molar refractivity (Wildman–Crippen MR) is 126 cm³/mol. The molecule has 2 aliphatic rings. The molecule has 0 spiro atoms. The van der Waals surface area contributed by atoms with E-state index in [-0.39, 0.29) is 11.9 Å². The van der Waals surface area contributed by atoms with Crippen LogP contribution in [0.1, 0.15) is 50.0 Å². The molecular weight excluding hydrogens is 404 g/mol. The van der Waals surface area contributed by atoms with Crippen LogP contribution < -0.4 is 10.2 Å². The number of nitrogens with one attached hydrogen (secondary N) is 1. The van der Waals surface area contributed by atoms with Gasteiger partial charge in [0.25, 0.3) is 5.91 Å². The Labute approximate surface area is 190 Å². The van der Waals surface area contributed by atoms with Gasteiger partial charge in [-0.1, -0.05) is 26.0 Å². The van der Waals surface area contributed by atoms with Gasteiger partial charge in [0.1, 0.15) is 5.69 Å². The summed E-state index contributed by atoms with van der Waals surface area (Å²) in [5.74, 6) is 0.259. The van der Waals surface area contributed by atoms with Crippen molar-refractivity contribution in [2.24, 2.45) is 13.0 Å². The van der Waals surface area contributed by atoms with Crippen molar-refractivity contribution in [2.75, 3.05) is 42.9 Å². The molecule has 2 aliphatic heterocycles. The van der Waals surface area contributed by atoms with Crippen molar-refractivity contribution in [1.82, 2.24) is 19.6 Å². The number of urea groups is 1. The average molecular weight is 439 g/mol. The molecule has 0 radical (unpaired) electrons. The van der Waals surface area contributed by atoms with Crippen molar-refractivity contribution >= 4 is 29.0 Å². The van der Waals surface area contributed by atoms with E-state index in [4.69, 9.17) is 0 Å². The molecule has 4 rings (SSSR count). The number of anilines is 3. The smallest absolute Gasteiger partial charge is 0.324 e. The molecular formula is C24H34N6O2. The number of aromatic nitrogens is 2. The Morgan fingerprint density at radius 2 is 2.00 bits per heavy atom. The highest BCUT2D eigenvalue weighted by Crippen LogP contribution is 2.38. The number of rotatable bonds is 6. The lowest BCUT2D eigenvalue weighted by Gasteiger charge is -2.36. The number of hydrogen-bond donors (Lipinski definition) is 1. The molecule has 1 saturated heterocycles. The van der Waals surface area contributed by atoms with E-state index in [1.807, 2.05) is 29.2 Å². The van der Waals surface area contributed by atoms with Crippen LogP contribution in [0, 0.1) is 5.92 Å². The Hall–Kier alpha value is -2.87. The molecule has 1 unspecified atom stereocenters. The molecule has 1 aromatic carbocycles. The molecule has 3 amide bonds. The lowest BCUT2D eigenvalue weighted by Crippen LogP contribution is -2.46. The molecule has 3 heterocycles. The largest absolute Gasteiger partial charge is 0.329 e. The first-order valence-corrected chi connectivity index (χ1v) is 11.8. The van der Waals surface area contributed by atoms with Gasteiger partial charge in [0.15, 0.2) is 5.69 Å². The molecule has 32 heavy (non-hydrogen) atoms. The van der Waals surface area contributed by atoms with Crippen LogP contribution in [0.4, 0.5) is 21.9 Å². The summed E-state index contributed by atoms with van der Waals surface area (Å²) in [7, 11) is 1.73. The number of fused-ring (bicyclic) bond motifs is 2. The fourth-order valence-electron chi connectivity index (χ4n) is 4.90. The number of carbonyl (C=O) groups excluding carboxylic acids is 2. The lowest BCUT2D eigenvalue weighted by atomic mass is 9.93. The Balaban J connectivity index is 1.55. The van der Waals surface area contributed by atoms with Crippen molar-refractivity contribution in [3.8, 4) is 0 Å². The van der Waals surface area contributed by atoms with Gasteiger partial charge in [-0.3, -0.25) is 14.4 Å². The van der Waals surface area contributed by atoms with E-state index in [1.165, 1.54) is 4.68 Å². The summed E-state index contributed by atoms with van der Waals surface area (Å²) in [6.45, 7) is 9.18. The first kappa shape index (κ1) is 22.3. The quantitative estimate of drug-likeness (QED) is 0.738. The zero-order chi connectivity index (χ0) is 22.7. The second-order valence-electron chi connectivity index (χ2n) is 8.71. The van der Waals surface area contributed by atoms with Gasteiger partial charge in [-0.15, -0.1) is 0 Å². The molecule has 8 heteroatoms. The van der Waals surface area contributed by atoms with Crippen molar-refractivity contribution in [3.05, 3.63) is 36.2 Å². The number of piperidine rings is 1. The number of para-hydroxylation sites is 2. The molecule has 1 atom stereocenters. The number of carbonyl (C=O) groups is 2. The van der Waals surface area contributed by atoms with Gasteiger partial charge in [-0.25, -0.2) is 4.79 Å². The standard InChI is InChI=1S/C24H34N6O2/c1-4-28(5-2)14-8-10-18-11-9-15-29(17-18)24(32)30-20-13-7-6-12-19(20)26-23(31)22-21(30)16-25-27(22)3/h6-7,12-13,16,18H,4-5,8-11,14-15,17H2,1-3H3,(H,26,31). The molecule has 0 aliphatic carbocycles. The van der Waals surface area contributed by atoms with Crippen molar-refractivity contribution in [1.29, 1.82) is 0 Å². The zero-order valence-electron chi connectivity index (χ0n) is 19.4. The van der Waals surface area contributed by atoms with Crippen LogP contribution >= 0.6 is 0 Å². The molecule has 0 saturated carbocycles. The second-order valence-corrected chi connectivity index (χ2v) is 8.71. The first-order valence-electron chi connectivity index (χ1n) is 11.8. The minimum Gasteiger partial charge on any atom is -0.324 e. The van der Waals surface area contributed by atoms with Crippen LogP contribution in [-0.2, 0) is 7.05 Å². The fraction of sp³-hybridized carbons (Fsp3) is 0.542. The third-order valence-corrected chi connectivity index (χ3v) is 6.73. The average Bonchev–Trinajstić information content (AvgIpc) is 3.13. The molecule has 0 bridgehead atoms. The monoisotopic (exact) mass is 438 g/mol. The van der Waals surface area contributed by atoms with E-state index in [2.05, 4.69) is 29.2 Å². The van der Waals surface area contributed by atoms with Gasteiger partial charge >= 0.3 is 6.03 Å². The second kappa shape index (κ2) is 9.73. The van der Waals surface area contributed by atoms with Crippen molar-refractivity contribution < 1.29 is 9.59 Å². The van der Waals surface area contributed by atoms with Gasteiger partial charge in [-0.2, -0.15) is 5.10 Å². The summed E-state index contributed by atoms with van der Waals surface area (Å²) >= 11 is 0. The van der Waals surface area contributed by atoms with Gasteiger partial charge in [0, 0.05) is 20.1 Å². The van der Waals surface area contributed by atoms with E-state index >= 15 is 0 Å². The number of aryl methyl sites for hydroxylation is 1. The highest BCUT2D eigenvalue weighted by Gasteiger charge is 2.35. The first-order chi connectivity index (χ1) is 15.5. The van der Waals surface area contributed by atoms with Gasteiger partial charge in [-0.05, 0) is 63.4 Å². The third kappa shape index (κ3) is 4.37. The molecule has 1 aromatic heterocycles. The molecule has 2 aromatic rings. The van der Waals surface area contributed by atoms with Crippen LogP contribution in [0.15, 0.2) is 30.5 Å². The van der Waals surface area contributed by atoms with Crippen LogP contribution in [-0.4, -0.2) is 64.2 Å². The zero-order valence-corrected chi connectivity index (χ0v) is 19.4. The summed E-state index contributed by atoms with van der Waals surface area (Å²) in [5, 5.41) is 7.20. The Morgan fingerprint density at radius 1 is 1.22 bits per heavy atom. The number of benzene rings is 1. The highest BCUT2D eigenvalue weighted by molar-refractivity contribution is 6.16. The highest BCUT2D eigenvalue weighted by atomic mass is 16.2. The van der Waals surface area contributed by atoms with Crippen molar-refractivity contribution in [2.45, 2.75) is 39.5 Å². The van der Waals surface area contributed by atoms with Crippen LogP contribution in [0.25, 0.3) is 0 Å². The van der Waals surface area contributed by atoms with E-state index < -0.39 is 0 Å². The molecule has 8 nitrogen and oxygen atoms in total. The maximum atomic E-state index is 13.8. The maximum Gasteiger partial charge on any atom is 0.329 e. The number of nitrogens with zero attached hydrogens (tertiary/aromatic N) is 5. The van der Waals surface area contributed by atoms with Crippen molar-refractivity contribution in [3.63, 3.8) is 0 Å². The van der Waals surface area contributed by atoms with Gasteiger partial charge < -0.3 is 15.1 Å².